The average Bonchev–Trinajstić information content (AvgIpc) is 2.25. The molecule has 6 nitrogen and oxygen atoms in total. The molecule has 0 radical (unpaired) electrons. The van der Waals surface area contributed by atoms with Crippen LogP contribution in [0.2, 0.25) is 19.6 Å². The van der Waals surface area contributed by atoms with Crippen molar-refractivity contribution in [1.82, 2.24) is 0 Å². The summed E-state index contributed by atoms with van der Waals surface area (Å²) in [5.74, 6) is -0.462. The van der Waals surface area contributed by atoms with E-state index >= 15 is 0 Å². The summed E-state index contributed by atoms with van der Waals surface area (Å²) in [4.78, 5) is 2.49. The summed E-state index contributed by atoms with van der Waals surface area (Å²) in [5.41, 5.74) is 2.76. The molecule has 1 aromatic carbocycles. The van der Waals surface area contributed by atoms with E-state index in [1.807, 2.05) is 19.6 Å². The van der Waals surface area contributed by atoms with Crippen LogP contribution in [0.1, 0.15) is 0 Å². The molecule has 1 rings (SSSR count). The van der Waals surface area contributed by atoms with Gasteiger partial charge in [-0.15, -0.1) is 0 Å². The highest BCUT2D eigenvalue weighted by Gasteiger charge is 2.49. The van der Waals surface area contributed by atoms with Crippen LogP contribution in [-0.2, 0) is 10.1 Å². The number of hydrogen-bond donors (Lipinski definition) is 0. The zero-order chi connectivity index (χ0) is 16.5. The Morgan fingerprint density at radius 1 is 1.29 bits per heavy atom. The molecule has 0 heterocycles. The van der Waals surface area contributed by atoms with E-state index in [0.717, 1.165) is 6.07 Å². The monoisotopic (exact) mass is 339 g/mol. The fourth-order valence-electron chi connectivity index (χ4n) is 1.48. The molecule has 0 unspecified atom stereocenters. The lowest BCUT2D eigenvalue weighted by Gasteiger charge is -2.21. The minimum absolute atomic E-state index is 0.0353. The summed E-state index contributed by atoms with van der Waals surface area (Å²) in [6.07, 6.45) is 0. The van der Waals surface area contributed by atoms with Crippen molar-refractivity contribution in [1.29, 1.82) is 0 Å². The molecule has 1 aromatic rings. The van der Waals surface area contributed by atoms with E-state index in [0.29, 0.717) is 5.19 Å². The highest BCUT2D eigenvalue weighted by Crippen LogP contribution is 2.29. The van der Waals surface area contributed by atoms with Gasteiger partial charge in [-0.05, 0) is 16.8 Å². The van der Waals surface area contributed by atoms with Crippen molar-refractivity contribution < 1.29 is 25.8 Å². The molecule has 11 heteroatoms. The lowest BCUT2D eigenvalue weighted by atomic mass is 10.3. The lowest BCUT2D eigenvalue weighted by Crippen LogP contribution is -2.40. The highest BCUT2D eigenvalue weighted by molar-refractivity contribution is 7.88. The number of azide groups is 1. The van der Waals surface area contributed by atoms with Crippen LogP contribution in [0.15, 0.2) is 23.3 Å². The Labute approximate surface area is 120 Å². The summed E-state index contributed by atoms with van der Waals surface area (Å²) < 4.78 is 63.7. The number of rotatable bonds is 4. The summed E-state index contributed by atoms with van der Waals surface area (Å²) >= 11 is 0. The predicted octanol–water partition coefficient (Wildman–Crippen LogP) is 3.40. The van der Waals surface area contributed by atoms with Gasteiger partial charge in [-0.2, -0.15) is 21.6 Å². The molecule has 0 aliphatic carbocycles. The molecule has 0 amide bonds. The summed E-state index contributed by atoms with van der Waals surface area (Å²) in [7, 11) is -7.95. The van der Waals surface area contributed by atoms with Gasteiger partial charge in [-0.25, -0.2) is 0 Å². The lowest BCUT2D eigenvalue weighted by molar-refractivity contribution is -0.0499. The molecule has 116 valence electrons. The van der Waals surface area contributed by atoms with Gasteiger partial charge < -0.3 is 4.18 Å². The first-order chi connectivity index (χ1) is 9.38. The number of halogens is 3. The van der Waals surface area contributed by atoms with E-state index in [4.69, 9.17) is 5.53 Å². The zero-order valence-corrected chi connectivity index (χ0v) is 13.2. The van der Waals surface area contributed by atoms with Gasteiger partial charge in [0.1, 0.15) is 5.75 Å². The smallest absolute Gasteiger partial charge is 0.376 e. The molecule has 0 bridgehead atoms. The normalized spacial score (nSPS) is 12.7. The van der Waals surface area contributed by atoms with Gasteiger partial charge in [0.2, 0.25) is 0 Å². The fourth-order valence-corrected chi connectivity index (χ4v) is 3.47. The van der Waals surface area contributed by atoms with E-state index in [9.17, 15) is 21.6 Å². The molecule has 0 spiro atoms. The molecule has 0 atom stereocenters. The summed E-state index contributed by atoms with van der Waals surface area (Å²) in [5, 5.41) is 3.59. The van der Waals surface area contributed by atoms with Crippen LogP contribution in [0.25, 0.3) is 10.4 Å². The number of hydrogen-bond acceptors (Lipinski definition) is 4. The van der Waals surface area contributed by atoms with Crippen molar-refractivity contribution in [2.75, 3.05) is 0 Å². The van der Waals surface area contributed by atoms with E-state index in [2.05, 4.69) is 14.2 Å². The Morgan fingerprint density at radius 3 is 2.29 bits per heavy atom. The Hall–Kier alpha value is -1.71. The molecule has 21 heavy (non-hydrogen) atoms. The minimum atomic E-state index is -5.78. The number of benzene rings is 1. The molecular formula is C10H12F3N3O3SSi. The third kappa shape index (κ3) is 4.13. The van der Waals surface area contributed by atoms with Crippen LogP contribution in [0.4, 0.5) is 18.9 Å². The molecule has 0 aliphatic rings. The number of alkyl halides is 3. The van der Waals surface area contributed by atoms with Gasteiger partial charge in [0, 0.05) is 10.6 Å². The summed E-state index contributed by atoms with van der Waals surface area (Å²) in [6.45, 7) is 5.42. The van der Waals surface area contributed by atoms with E-state index in [-0.39, 0.29) is 5.69 Å². The van der Waals surface area contributed by atoms with Crippen LogP contribution >= 0.6 is 0 Å². The molecule has 0 aromatic heterocycles. The van der Waals surface area contributed by atoms with Crippen molar-refractivity contribution in [2.24, 2.45) is 5.11 Å². The predicted molar refractivity (Wildman–Crippen MR) is 73.8 cm³/mol. The number of nitrogens with zero attached hydrogens (tertiary/aromatic N) is 3. The van der Waals surface area contributed by atoms with Crippen LogP contribution in [-0.4, -0.2) is 22.0 Å². The highest BCUT2D eigenvalue weighted by atomic mass is 32.2. The third-order valence-electron chi connectivity index (χ3n) is 2.42. The molecule has 0 aliphatic heterocycles. The summed E-state index contributed by atoms with van der Waals surface area (Å²) in [6, 6.07) is 3.79. The second-order valence-corrected chi connectivity index (χ2v) is 11.7. The van der Waals surface area contributed by atoms with E-state index < -0.39 is 29.4 Å². The van der Waals surface area contributed by atoms with Crippen molar-refractivity contribution in [3.63, 3.8) is 0 Å². The topological polar surface area (TPSA) is 92.1 Å². The average molecular weight is 339 g/mol. The molecule has 0 N–H and O–H groups in total. The Kier molecular flexibility index (Phi) is 4.61. The van der Waals surface area contributed by atoms with Crippen LogP contribution in [0.5, 0.6) is 5.75 Å². The van der Waals surface area contributed by atoms with Gasteiger partial charge in [0.25, 0.3) is 0 Å². The molecular weight excluding hydrogens is 327 g/mol. The van der Waals surface area contributed by atoms with Crippen LogP contribution in [0, 0.1) is 0 Å². The van der Waals surface area contributed by atoms with E-state index in [1.54, 1.807) is 0 Å². The molecule has 0 fully saturated rings. The van der Waals surface area contributed by atoms with Crippen molar-refractivity contribution in [3.8, 4) is 5.75 Å². The Bertz CT molecular complexity index is 692. The first kappa shape index (κ1) is 17.3. The standard InChI is InChI=1S/C10H12F3N3O3SSi/c1-21(2,3)9-5-4-7(15-16-14)6-8(9)19-20(17,18)10(11,12)13/h4-6H,1-3H3. The maximum absolute atomic E-state index is 12.4. The first-order valence-electron chi connectivity index (χ1n) is 5.59. The van der Waals surface area contributed by atoms with Gasteiger partial charge in [0.05, 0.1) is 8.07 Å². The molecule has 0 saturated heterocycles. The largest absolute Gasteiger partial charge is 0.534 e. The maximum Gasteiger partial charge on any atom is 0.534 e. The first-order valence-corrected chi connectivity index (χ1v) is 10.5. The van der Waals surface area contributed by atoms with E-state index in [1.165, 1.54) is 12.1 Å². The Morgan fingerprint density at radius 2 is 1.86 bits per heavy atom. The SMILES string of the molecule is C[Si](C)(C)c1ccc(N=[N+]=[N-])cc1OS(=O)(=O)C(F)(F)F. The maximum atomic E-state index is 12.4. The van der Waals surface area contributed by atoms with Crippen molar-refractivity contribution >= 4 is 29.1 Å². The van der Waals surface area contributed by atoms with Gasteiger partial charge in [-0.1, -0.05) is 36.9 Å². The second-order valence-electron chi connectivity index (χ2n) is 5.10. The quantitative estimate of drug-likeness (QED) is 0.210. The van der Waals surface area contributed by atoms with Gasteiger partial charge in [-0.3, -0.25) is 0 Å². The van der Waals surface area contributed by atoms with Crippen LogP contribution in [0.3, 0.4) is 0 Å². The minimum Gasteiger partial charge on any atom is -0.376 e. The van der Waals surface area contributed by atoms with Crippen molar-refractivity contribution in [2.45, 2.75) is 25.1 Å². The van der Waals surface area contributed by atoms with Gasteiger partial charge in [0.15, 0.2) is 0 Å². The second kappa shape index (κ2) is 5.58. The molecule has 0 saturated carbocycles. The van der Waals surface area contributed by atoms with Gasteiger partial charge >= 0.3 is 15.6 Å². The van der Waals surface area contributed by atoms with Crippen molar-refractivity contribution in [3.05, 3.63) is 28.6 Å². The van der Waals surface area contributed by atoms with Crippen LogP contribution < -0.4 is 9.37 Å². The third-order valence-corrected chi connectivity index (χ3v) is 5.41. The fraction of sp³-hybridized carbons (Fsp3) is 0.400. The zero-order valence-electron chi connectivity index (χ0n) is 11.3. The Balaban J connectivity index is 3.45.